The second kappa shape index (κ2) is 9.32. The highest BCUT2D eigenvalue weighted by Gasteiger charge is 2.24. The summed E-state index contributed by atoms with van der Waals surface area (Å²) in [6, 6.07) is 13.2. The molecular formula is C22H28N2O3S2. The normalized spacial score (nSPS) is 17.4. The standard InChI is InChI=1S/C22H28N2O3S2/c1-4-24-13-5-6-18(24)15-23-22(25)17-9-12-20(21(14-17)29(3,26)27)28-19-10-7-16(2)8-11-19/h7-12,14,18H,4-6,13,15H2,1-3H3,(H,23,25). The van der Waals surface area contributed by atoms with Crippen LogP contribution in [0.1, 0.15) is 35.7 Å². The molecule has 1 saturated heterocycles. The average molecular weight is 433 g/mol. The smallest absolute Gasteiger partial charge is 0.251 e. The predicted octanol–water partition coefficient (Wildman–Crippen LogP) is 3.76. The number of nitrogens with one attached hydrogen (secondary N) is 1. The van der Waals surface area contributed by atoms with Crippen molar-refractivity contribution in [2.75, 3.05) is 25.9 Å². The number of hydrogen-bond acceptors (Lipinski definition) is 5. The van der Waals surface area contributed by atoms with E-state index in [4.69, 9.17) is 0 Å². The topological polar surface area (TPSA) is 66.5 Å². The van der Waals surface area contributed by atoms with Gasteiger partial charge in [-0.2, -0.15) is 0 Å². The lowest BCUT2D eigenvalue weighted by molar-refractivity contribution is 0.0941. The summed E-state index contributed by atoms with van der Waals surface area (Å²) >= 11 is 1.39. The van der Waals surface area contributed by atoms with E-state index in [1.54, 1.807) is 12.1 Å². The van der Waals surface area contributed by atoms with Crippen molar-refractivity contribution in [3.63, 3.8) is 0 Å². The Bertz CT molecular complexity index is 972. The third-order valence-electron chi connectivity index (χ3n) is 5.26. The largest absolute Gasteiger partial charge is 0.350 e. The van der Waals surface area contributed by atoms with Gasteiger partial charge in [0.1, 0.15) is 0 Å². The minimum Gasteiger partial charge on any atom is -0.350 e. The number of hydrogen-bond donors (Lipinski definition) is 1. The third kappa shape index (κ3) is 5.62. The van der Waals surface area contributed by atoms with E-state index in [-0.39, 0.29) is 10.8 Å². The van der Waals surface area contributed by atoms with Crippen molar-refractivity contribution < 1.29 is 13.2 Å². The van der Waals surface area contributed by atoms with Crippen LogP contribution in [-0.4, -0.2) is 51.2 Å². The molecule has 1 N–H and O–H groups in total. The SMILES string of the molecule is CCN1CCCC1CNC(=O)c1ccc(Sc2ccc(C)cc2)c(S(C)(=O)=O)c1. The molecule has 0 aromatic heterocycles. The molecule has 1 heterocycles. The molecule has 156 valence electrons. The Hall–Kier alpha value is -1.83. The second-order valence-electron chi connectivity index (χ2n) is 7.48. The lowest BCUT2D eigenvalue weighted by atomic mass is 10.2. The Kier molecular flexibility index (Phi) is 7.03. The summed E-state index contributed by atoms with van der Waals surface area (Å²) < 4.78 is 24.7. The number of amides is 1. The summed E-state index contributed by atoms with van der Waals surface area (Å²) in [5, 5.41) is 2.98. The van der Waals surface area contributed by atoms with Crippen LogP contribution >= 0.6 is 11.8 Å². The van der Waals surface area contributed by atoms with E-state index in [0.717, 1.165) is 36.4 Å². The van der Waals surface area contributed by atoms with E-state index in [2.05, 4.69) is 17.1 Å². The Balaban J connectivity index is 1.78. The molecule has 1 aliphatic rings. The van der Waals surface area contributed by atoms with Gasteiger partial charge in [-0.15, -0.1) is 0 Å². The Morgan fingerprint density at radius 3 is 2.59 bits per heavy atom. The summed E-state index contributed by atoms with van der Waals surface area (Å²) in [6.45, 7) is 6.77. The predicted molar refractivity (Wildman–Crippen MR) is 117 cm³/mol. The molecule has 5 nitrogen and oxygen atoms in total. The van der Waals surface area contributed by atoms with Crippen LogP contribution in [0.3, 0.4) is 0 Å². The molecule has 1 unspecified atom stereocenters. The lowest BCUT2D eigenvalue weighted by Gasteiger charge is -2.23. The van der Waals surface area contributed by atoms with Crippen molar-refractivity contribution in [2.24, 2.45) is 0 Å². The van der Waals surface area contributed by atoms with Gasteiger partial charge in [0.15, 0.2) is 9.84 Å². The number of nitrogens with zero attached hydrogens (tertiary/aromatic N) is 1. The maximum Gasteiger partial charge on any atom is 0.251 e. The van der Waals surface area contributed by atoms with Crippen LogP contribution in [0.25, 0.3) is 0 Å². The molecule has 2 aromatic rings. The highest BCUT2D eigenvalue weighted by molar-refractivity contribution is 8.00. The number of likely N-dealkylation sites (tertiary alicyclic amines) is 1. The van der Waals surface area contributed by atoms with E-state index in [9.17, 15) is 13.2 Å². The minimum absolute atomic E-state index is 0.187. The maximum atomic E-state index is 12.7. The fraction of sp³-hybridized carbons (Fsp3) is 0.409. The van der Waals surface area contributed by atoms with Crippen LogP contribution in [0.4, 0.5) is 0 Å². The highest BCUT2D eigenvalue weighted by Crippen LogP contribution is 2.33. The van der Waals surface area contributed by atoms with Crippen LogP contribution in [0.2, 0.25) is 0 Å². The first-order valence-corrected chi connectivity index (χ1v) is 12.6. The molecule has 0 saturated carbocycles. The van der Waals surface area contributed by atoms with Crippen molar-refractivity contribution in [1.82, 2.24) is 10.2 Å². The first-order valence-electron chi connectivity index (χ1n) is 9.89. The van der Waals surface area contributed by atoms with Gasteiger partial charge in [0.2, 0.25) is 0 Å². The number of rotatable bonds is 7. The summed E-state index contributed by atoms with van der Waals surface area (Å²) in [5.74, 6) is -0.232. The molecule has 3 rings (SSSR count). The van der Waals surface area contributed by atoms with Crippen LogP contribution in [-0.2, 0) is 9.84 Å². The fourth-order valence-corrected chi connectivity index (χ4v) is 5.79. The first kappa shape index (κ1) is 21.9. The first-order chi connectivity index (χ1) is 13.8. The van der Waals surface area contributed by atoms with Crippen LogP contribution < -0.4 is 5.32 Å². The zero-order valence-corrected chi connectivity index (χ0v) is 18.8. The molecule has 7 heteroatoms. The maximum absolute atomic E-state index is 12.7. The van der Waals surface area contributed by atoms with Gasteiger partial charge in [-0.25, -0.2) is 8.42 Å². The summed E-state index contributed by atoms with van der Waals surface area (Å²) in [4.78, 5) is 16.8. The van der Waals surface area contributed by atoms with Crippen molar-refractivity contribution in [3.05, 3.63) is 53.6 Å². The number of sulfone groups is 1. The van der Waals surface area contributed by atoms with E-state index in [0.29, 0.717) is 23.0 Å². The molecule has 2 aromatic carbocycles. The molecule has 1 atom stereocenters. The monoisotopic (exact) mass is 432 g/mol. The van der Waals surface area contributed by atoms with E-state index >= 15 is 0 Å². The molecule has 0 radical (unpaired) electrons. The number of carbonyl (C=O) groups excluding carboxylic acids is 1. The zero-order valence-electron chi connectivity index (χ0n) is 17.1. The molecule has 0 aliphatic carbocycles. The van der Waals surface area contributed by atoms with Crippen LogP contribution in [0.15, 0.2) is 57.2 Å². The Morgan fingerprint density at radius 1 is 1.21 bits per heavy atom. The summed E-state index contributed by atoms with van der Waals surface area (Å²) in [7, 11) is -3.47. The molecular weight excluding hydrogens is 404 g/mol. The van der Waals surface area contributed by atoms with E-state index in [1.165, 1.54) is 24.1 Å². The van der Waals surface area contributed by atoms with Gasteiger partial charge in [-0.3, -0.25) is 9.69 Å². The third-order valence-corrected chi connectivity index (χ3v) is 7.61. The Morgan fingerprint density at radius 2 is 1.93 bits per heavy atom. The minimum atomic E-state index is -3.47. The van der Waals surface area contributed by atoms with Gasteiger partial charge in [0.05, 0.1) is 4.90 Å². The Labute approximate surface area is 177 Å². The van der Waals surface area contributed by atoms with Crippen molar-refractivity contribution >= 4 is 27.5 Å². The summed E-state index contributed by atoms with van der Waals surface area (Å²) in [5.41, 5.74) is 1.52. The second-order valence-corrected chi connectivity index (χ2v) is 10.6. The van der Waals surface area contributed by atoms with Gasteiger partial charge in [0.25, 0.3) is 5.91 Å². The van der Waals surface area contributed by atoms with Crippen LogP contribution in [0.5, 0.6) is 0 Å². The van der Waals surface area contributed by atoms with Crippen LogP contribution in [0, 0.1) is 6.92 Å². The molecule has 29 heavy (non-hydrogen) atoms. The molecule has 1 fully saturated rings. The average Bonchev–Trinajstić information content (AvgIpc) is 3.15. The summed E-state index contributed by atoms with van der Waals surface area (Å²) in [6.07, 6.45) is 3.41. The van der Waals surface area contributed by atoms with Gasteiger partial charge >= 0.3 is 0 Å². The van der Waals surface area contributed by atoms with Gasteiger partial charge in [-0.05, 0) is 63.2 Å². The molecule has 1 aliphatic heterocycles. The highest BCUT2D eigenvalue weighted by atomic mass is 32.2. The van der Waals surface area contributed by atoms with Gasteiger partial charge < -0.3 is 5.32 Å². The number of aryl methyl sites for hydroxylation is 1. The molecule has 1 amide bonds. The van der Waals surface area contributed by atoms with E-state index in [1.807, 2.05) is 31.2 Å². The number of carbonyl (C=O) groups is 1. The van der Waals surface area contributed by atoms with E-state index < -0.39 is 9.84 Å². The number of likely N-dealkylation sites (N-methyl/N-ethyl adjacent to an activating group) is 1. The van der Waals surface area contributed by atoms with Gasteiger partial charge in [0, 0.05) is 34.2 Å². The molecule has 0 bridgehead atoms. The fourth-order valence-electron chi connectivity index (χ4n) is 3.61. The van der Waals surface area contributed by atoms with Crippen molar-refractivity contribution in [3.8, 4) is 0 Å². The molecule has 0 spiro atoms. The van der Waals surface area contributed by atoms with Crippen molar-refractivity contribution in [2.45, 2.75) is 47.4 Å². The quantitative estimate of drug-likeness (QED) is 0.722. The lowest BCUT2D eigenvalue weighted by Crippen LogP contribution is -2.40. The number of benzene rings is 2. The zero-order chi connectivity index (χ0) is 21.0. The van der Waals surface area contributed by atoms with Crippen molar-refractivity contribution in [1.29, 1.82) is 0 Å². The van der Waals surface area contributed by atoms with Gasteiger partial charge in [-0.1, -0.05) is 36.4 Å².